The number of rotatable bonds is 6. The number of hydrogen-bond donors (Lipinski definition) is 1. The molecule has 0 spiro atoms. The molecule has 6 nitrogen and oxygen atoms in total. The topological polar surface area (TPSA) is 69.7 Å². The van der Waals surface area contributed by atoms with Gasteiger partial charge in [0.15, 0.2) is 0 Å². The van der Waals surface area contributed by atoms with Gasteiger partial charge >= 0.3 is 0 Å². The summed E-state index contributed by atoms with van der Waals surface area (Å²) in [7, 11) is -3.50. The lowest BCUT2D eigenvalue weighted by Crippen LogP contribution is -2.53. The summed E-state index contributed by atoms with van der Waals surface area (Å²) in [5.74, 6) is 0.451. The van der Waals surface area contributed by atoms with Crippen LogP contribution in [-0.2, 0) is 21.4 Å². The van der Waals surface area contributed by atoms with Gasteiger partial charge in [0.1, 0.15) is 0 Å². The maximum atomic E-state index is 13.1. The molecule has 0 aromatic heterocycles. The van der Waals surface area contributed by atoms with Gasteiger partial charge in [0, 0.05) is 32.7 Å². The quantitative estimate of drug-likeness (QED) is 0.768. The average molecular weight is 422 g/mol. The van der Waals surface area contributed by atoms with Crippen molar-refractivity contribution in [2.24, 2.45) is 17.8 Å². The van der Waals surface area contributed by atoms with Crippen molar-refractivity contribution in [2.75, 3.05) is 32.7 Å². The van der Waals surface area contributed by atoms with Crippen LogP contribution < -0.4 is 5.32 Å². The van der Waals surface area contributed by atoms with Gasteiger partial charge in [-0.3, -0.25) is 4.79 Å². The van der Waals surface area contributed by atoms with Gasteiger partial charge in [-0.15, -0.1) is 0 Å². The Balaban J connectivity index is 1.53. The van der Waals surface area contributed by atoms with E-state index in [0.717, 1.165) is 25.7 Å². The van der Waals surface area contributed by atoms with Crippen LogP contribution in [0.4, 0.5) is 0 Å². The van der Waals surface area contributed by atoms with Crippen LogP contribution in [-0.4, -0.2) is 55.7 Å². The molecular formula is C22H35N3O3S. The Kier molecular flexibility index (Phi) is 7.35. The molecule has 3 atom stereocenters. The first-order valence-corrected chi connectivity index (χ1v) is 12.2. The van der Waals surface area contributed by atoms with E-state index in [0.29, 0.717) is 38.0 Å². The summed E-state index contributed by atoms with van der Waals surface area (Å²) >= 11 is 0. The maximum Gasteiger partial charge on any atom is 0.282 e. The van der Waals surface area contributed by atoms with Gasteiger partial charge in [-0.1, -0.05) is 43.7 Å². The van der Waals surface area contributed by atoms with Crippen LogP contribution in [0.3, 0.4) is 0 Å². The van der Waals surface area contributed by atoms with Gasteiger partial charge in [0.05, 0.1) is 5.92 Å². The summed E-state index contributed by atoms with van der Waals surface area (Å²) in [4.78, 5) is 12.6. The van der Waals surface area contributed by atoms with E-state index in [9.17, 15) is 13.2 Å². The zero-order chi connectivity index (χ0) is 21.0. The number of nitrogens with zero attached hydrogens (tertiary/aromatic N) is 2. The molecule has 2 heterocycles. The molecule has 0 unspecified atom stereocenters. The highest BCUT2D eigenvalue weighted by molar-refractivity contribution is 7.86. The van der Waals surface area contributed by atoms with E-state index < -0.39 is 10.2 Å². The number of carbonyl (C=O) groups is 1. The highest BCUT2D eigenvalue weighted by Crippen LogP contribution is 2.27. The molecule has 29 heavy (non-hydrogen) atoms. The molecule has 1 N–H and O–H groups in total. The predicted octanol–water partition coefficient (Wildman–Crippen LogP) is 2.59. The van der Waals surface area contributed by atoms with Gasteiger partial charge in [-0.25, -0.2) is 0 Å². The van der Waals surface area contributed by atoms with E-state index in [1.807, 2.05) is 0 Å². The number of piperidine rings is 2. The summed E-state index contributed by atoms with van der Waals surface area (Å²) in [5, 5.41) is 3.01. The molecule has 1 amide bonds. The van der Waals surface area contributed by atoms with E-state index in [2.05, 4.69) is 50.4 Å². The fourth-order valence-electron chi connectivity index (χ4n) is 4.55. The van der Waals surface area contributed by atoms with Crippen LogP contribution in [0.15, 0.2) is 24.3 Å². The Labute approximate surface area is 175 Å². The Bertz CT molecular complexity index is 784. The Morgan fingerprint density at radius 1 is 1.07 bits per heavy atom. The molecule has 7 heteroatoms. The molecule has 162 valence electrons. The van der Waals surface area contributed by atoms with Crippen molar-refractivity contribution >= 4 is 16.1 Å². The minimum atomic E-state index is -3.50. The van der Waals surface area contributed by atoms with Crippen LogP contribution >= 0.6 is 0 Å². The van der Waals surface area contributed by atoms with Crippen LogP contribution in [0, 0.1) is 24.7 Å². The normalized spacial score (nSPS) is 26.9. The lowest BCUT2D eigenvalue weighted by atomic mass is 9.94. The van der Waals surface area contributed by atoms with E-state index in [1.165, 1.54) is 15.4 Å². The molecule has 2 saturated heterocycles. The summed E-state index contributed by atoms with van der Waals surface area (Å²) in [5.41, 5.74) is 2.41. The van der Waals surface area contributed by atoms with Gasteiger partial charge in [0.25, 0.3) is 10.2 Å². The van der Waals surface area contributed by atoms with Gasteiger partial charge in [-0.05, 0) is 50.0 Å². The summed E-state index contributed by atoms with van der Waals surface area (Å²) in [6.07, 6.45) is 3.33. The third-order valence-corrected chi connectivity index (χ3v) is 8.01. The van der Waals surface area contributed by atoms with E-state index in [-0.39, 0.29) is 18.4 Å². The van der Waals surface area contributed by atoms with Crippen LogP contribution in [0.5, 0.6) is 0 Å². The number of aryl methyl sites for hydroxylation is 1. The van der Waals surface area contributed by atoms with Crippen LogP contribution in [0.1, 0.15) is 44.2 Å². The molecule has 3 rings (SSSR count). The number of carbonyl (C=O) groups excluding carboxylic acids is 1. The lowest BCUT2D eigenvalue weighted by molar-refractivity contribution is -0.126. The SMILES string of the molecule is Cc1ccc(CCNC(=O)[C@@H]2CCCN(S(=O)(=O)N3C[C@@H](C)C[C@H](C)C3)C2)cc1. The molecule has 0 aliphatic carbocycles. The Morgan fingerprint density at radius 3 is 2.38 bits per heavy atom. The zero-order valence-corrected chi connectivity index (χ0v) is 18.7. The van der Waals surface area contributed by atoms with Crippen molar-refractivity contribution in [3.8, 4) is 0 Å². The highest BCUT2D eigenvalue weighted by atomic mass is 32.2. The predicted molar refractivity (Wildman–Crippen MR) is 116 cm³/mol. The van der Waals surface area contributed by atoms with Crippen molar-refractivity contribution < 1.29 is 13.2 Å². The third-order valence-electron chi connectivity index (χ3n) is 6.08. The molecular weight excluding hydrogens is 386 g/mol. The molecule has 1 aromatic carbocycles. The van der Waals surface area contributed by atoms with Crippen molar-refractivity contribution in [1.29, 1.82) is 0 Å². The van der Waals surface area contributed by atoms with Crippen LogP contribution in [0.25, 0.3) is 0 Å². The second kappa shape index (κ2) is 9.58. The van der Waals surface area contributed by atoms with Crippen molar-refractivity contribution in [1.82, 2.24) is 13.9 Å². The second-order valence-electron chi connectivity index (χ2n) is 8.99. The zero-order valence-electron chi connectivity index (χ0n) is 17.9. The van der Waals surface area contributed by atoms with Gasteiger partial charge in [-0.2, -0.15) is 17.0 Å². The summed E-state index contributed by atoms with van der Waals surface area (Å²) in [6, 6.07) is 8.31. The number of hydrogen-bond acceptors (Lipinski definition) is 3. The third kappa shape index (κ3) is 5.80. The first kappa shape index (κ1) is 22.2. The second-order valence-corrected chi connectivity index (χ2v) is 10.9. The van der Waals surface area contributed by atoms with Crippen molar-refractivity contribution in [3.63, 3.8) is 0 Å². The van der Waals surface area contributed by atoms with Crippen molar-refractivity contribution in [2.45, 2.75) is 46.5 Å². The largest absolute Gasteiger partial charge is 0.355 e. The fourth-order valence-corrected chi connectivity index (χ4v) is 6.49. The molecule has 2 aliphatic rings. The molecule has 2 fully saturated rings. The number of nitrogens with one attached hydrogen (secondary N) is 1. The van der Waals surface area contributed by atoms with Crippen molar-refractivity contribution in [3.05, 3.63) is 35.4 Å². The molecule has 1 aromatic rings. The minimum absolute atomic E-state index is 0.0302. The minimum Gasteiger partial charge on any atom is -0.355 e. The standard InChI is InChI=1S/C22H35N3O3S/c1-17-6-8-20(9-7-17)10-11-23-22(26)21-5-4-12-24(16-21)29(27,28)25-14-18(2)13-19(3)15-25/h6-9,18-19,21H,4-5,10-16H2,1-3H3,(H,23,26)/t18-,19-,21+/m0/s1. The Morgan fingerprint density at radius 2 is 1.72 bits per heavy atom. The van der Waals surface area contributed by atoms with Gasteiger partial charge in [0.2, 0.25) is 5.91 Å². The average Bonchev–Trinajstić information content (AvgIpc) is 2.69. The molecule has 2 aliphatic heterocycles. The molecule has 0 saturated carbocycles. The monoisotopic (exact) mass is 421 g/mol. The summed E-state index contributed by atoms with van der Waals surface area (Å²) < 4.78 is 29.5. The summed E-state index contributed by atoms with van der Waals surface area (Å²) in [6.45, 7) is 8.81. The van der Waals surface area contributed by atoms with Crippen LogP contribution in [0.2, 0.25) is 0 Å². The highest BCUT2D eigenvalue weighted by Gasteiger charge is 2.38. The fraction of sp³-hybridized carbons (Fsp3) is 0.682. The van der Waals surface area contributed by atoms with E-state index in [1.54, 1.807) is 4.31 Å². The first-order chi connectivity index (χ1) is 13.8. The van der Waals surface area contributed by atoms with Gasteiger partial charge < -0.3 is 5.32 Å². The lowest BCUT2D eigenvalue weighted by Gasteiger charge is -2.39. The molecule has 0 bridgehead atoms. The smallest absolute Gasteiger partial charge is 0.282 e. The van der Waals surface area contributed by atoms with E-state index in [4.69, 9.17) is 0 Å². The first-order valence-electron chi connectivity index (χ1n) is 10.8. The maximum absolute atomic E-state index is 13.1. The van der Waals surface area contributed by atoms with E-state index >= 15 is 0 Å². The Hall–Kier alpha value is -1.44. The number of benzene rings is 1. The molecule has 0 radical (unpaired) electrons. The number of amides is 1.